The fourth-order valence-corrected chi connectivity index (χ4v) is 15.5. The van der Waals surface area contributed by atoms with Gasteiger partial charge in [-0.3, -0.25) is 0 Å². The third-order valence-corrected chi connectivity index (χ3v) is 18.8. The van der Waals surface area contributed by atoms with Crippen molar-refractivity contribution < 1.29 is 0 Å². The fraction of sp³-hybridized carbons (Fsp3) is 0.0250. The lowest BCUT2D eigenvalue weighted by Gasteiger charge is -2.40. The Bertz CT molecular complexity index is 5070. The van der Waals surface area contributed by atoms with Gasteiger partial charge in [0.05, 0.1) is 38.6 Å². The summed E-state index contributed by atoms with van der Waals surface area (Å²) >= 11 is 0. The molecule has 0 N–H and O–H groups in total. The Labute approximate surface area is 481 Å². The molecule has 0 saturated carbocycles. The van der Waals surface area contributed by atoms with Gasteiger partial charge in [-0.15, -0.1) is 0 Å². The SMILES string of the molecule is c1ccc(C2(c3ccccc3)c3ccccc3-c3ccc(N(c4ccc(-c5cccc(-n6c7ccccc7c7ccccc76)c5)cc4)c4ccc5c(c4)C4(c6ccccc6-5)c5ccccc5-n5c6ccccc6c6cccc4c65)cc32)cc1. The highest BCUT2D eigenvalue weighted by Gasteiger charge is 2.51. The number of fused-ring (bicyclic) bond motifs is 18. The summed E-state index contributed by atoms with van der Waals surface area (Å²) in [6.45, 7) is 0. The van der Waals surface area contributed by atoms with Crippen molar-refractivity contribution in [2.75, 3.05) is 4.90 Å². The van der Waals surface area contributed by atoms with E-state index in [4.69, 9.17) is 0 Å². The normalized spacial score (nSPS) is 14.9. The zero-order chi connectivity index (χ0) is 54.4. The van der Waals surface area contributed by atoms with Gasteiger partial charge in [0, 0.05) is 44.3 Å². The monoisotopic (exact) mass is 1050 g/mol. The molecule has 13 aromatic carbocycles. The molecule has 1 aliphatic heterocycles. The second-order valence-corrected chi connectivity index (χ2v) is 22.7. The predicted octanol–water partition coefficient (Wildman–Crippen LogP) is 20.1. The maximum absolute atomic E-state index is 2.54. The molecular weight excluding hydrogens is 1000 g/mol. The summed E-state index contributed by atoms with van der Waals surface area (Å²) in [7, 11) is 0. The van der Waals surface area contributed by atoms with E-state index in [-0.39, 0.29) is 0 Å². The van der Waals surface area contributed by atoms with Gasteiger partial charge in [0.1, 0.15) is 0 Å². The fourth-order valence-electron chi connectivity index (χ4n) is 15.5. The molecule has 1 spiro atoms. The van der Waals surface area contributed by atoms with Crippen molar-refractivity contribution >= 4 is 60.7 Å². The Morgan fingerprint density at radius 1 is 0.253 bits per heavy atom. The molecule has 3 heterocycles. The van der Waals surface area contributed by atoms with Gasteiger partial charge >= 0.3 is 0 Å². The van der Waals surface area contributed by atoms with Crippen LogP contribution in [0.25, 0.3) is 88.4 Å². The topological polar surface area (TPSA) is 13.1 Å². The van der Waals surface area contributed by atoms with Crippen LogP contribution in [0.5, 0.6) is 0 Å². The molecule has 0 radical (unpaired) electrons. The van der Waals surface area contributed by atoms with Crippen LogP contribution in [0, 0.1) is 0 Å². The largest absolute Gasteiger partial charge is 0.310 e. The zero-order valence-corrected chi connectivity index (χ0v) is 45.3. The van der Waals surface area contributed by atoms with Gasteiger partial charge < -0.3 is 14.0 Å². The standard InChI is InChI=1S/C80H51N3/c1-3-22-54(23-4-1)79(55-24-5-2-6-25-55)68-33-12-7-27-60(68)62-47-45-58(50-72(62)79)81(56-43-41-52(42-44-56)53-21-19-26-57(49-53)82-74-37-15-9-29-64(74)65-30-10-16-38-75(65)82)59-46-48-63-61-28-8-13-34-69(61)80(73(63)51-59)70-35-14-18-40-77(70)83-76-39-17-11-31-66(76)67-32-20-36-71(80)78(67)83/h1-51H. The molecule has 0 bridgehead atoms. The molecule has 83 heavy (non-hydrogen) atoms. The molecule has 1 unspecified atom stereocenters. The number of aromatic nitrogens is 2. The Morgan fingerprint density at radius 2 is 0.699 bits per heavy atom. The smallest absolute Gasteiger partial charge is 0.0755 e. The minimum absolute atomic E-state index is 0.575. The number of hydrogen-bond acceptors (Lipinski definition) is 1. The van der Waals surface area contributed by atoms with E-state index in [2.05, 4.69) is 323 Å². The van der Waals surface area contributed by atoms with Crippen molar-refractivity contribution in [2.24, 2.45) is 0 Å². The van der Waals surface area contributed by atoms with E-state index >= 15 is 0 Å². The average Bonchev–Trinajstić information content (AvgIpc) is 3.75. The quantitative estimate of drug-likeness (QED) is 0.155. The first-order valence-electron chi connectivity index (χ1n) is 28.9. The van der Waals surface area contributed by atoms with Crippen LogP contribution in [-0.4, -0.2) is 9.13 Å². The second kappa shape index (κ2) is 17.4. The second-order valence-electron chi connectivity index (χ2n) is 22.7. The van der Waals surface area contributed by atoms with Gasteiger partial charge in [-0.05, 0) is 151 Å². The lowest BCUT2D eigenvalue weighted by atomic mass is 9.65. The molecule has 1 atom stereocenters. The maximum atomic E-state index is 2.54. The molecule has 0 amide bonds. The Morgan fingerprint density at radius 3 is 1.33 bits per heavy atom. The molecule has 2 aliphatic carbocycles. The molecule has 0 fully saturated rings. The van der Waals surface area contributed by atoms with Crippen molar-refractivity contribution in [3.05, 3.63) is 354 Å². The lowest BCUT2D eigenvalue weighted by Crippen LogP contribution is -2.33. The van der Waals surface area contributed by atoms with Crippen molar-refractivity contribution in [2.45, 2.75) is 10.8 Å². The van der Waals surface area contributed by atoms with Crippen molar-refractivity contribution in [1.29, 1.82) is 0 Å². The number of para-hydroxylation sites is 5. The van der Waals surface area contributed by atoms with Crippen molar-refractivity contribution in [3.63, 3.8) is 0 Å². The number of nitrogens with zero attached hydrogens (tertiary/aromatic N) is 3. The van der Waals surface area contributed by atoms with Gasteiger partial charge in [-0.1, -0.05) is 237 Å². The summed E-state index contributed by atoms with van der Waals surface area (Å²) < 4.78 is 4.94. The van der Waals surface area contributed by atoms with E-state index in [1.807, 2.05) is 0 Å². The average molecular weight is 1050 g/mol. The number of benzene rings is 13. The van der Waals surface area contributed by atoms with Gasteiger partial charge in [0.2, 0.25) is 0 Å². The minimum Gasteiger partial charge on any atom is -0.310 e. The van der Waals surface area contributed by atoms with Crippen LogP contribution in [-0.2, 0) is 10.8 Å². The summed E-state index contributed by atoms with van der Waals surface area (Å²) in [5.41, 5.74) is 26.9. The third kappa shape index (κ3) is 6.18. The van der Waals surface area contributed by atoms with Crippen LogP contribution in [0.15, 0.2) is 309 Å². The van der Waals surface area contributed by atoms with E-state index in [1.165, 1.54) is 116 Å². The molecule has 3 aliphatic rings. The Hall–Kier alpha value is -10.7. The van der Waals surface area contributed by atoms with Crippen molar-refractivity contribution in [1.82, 2.24) is 9.13 Å². The van der Waals surface area contributed by atoms with Gasteiger partial charge in [0.15, 0.2) is 0 Å². The van der Waals surface area contributed by atoms with Gasteiger partial charge in [0.25, 0.3) is 0 Å². The lowest BCUT2D eigenvalue weighted by molar-refractivity contribution is 0.748. The van der Waals surface area contributed by atoms with E-state index in [1.54, 1.807) is 0 Å². The third-order valence-electron chi connectivity index (χ3n) is 18.8. The van der Waals surface area contributed by atoms with Crippen LogP contribution >= 0.6 is 0 Å². The highest BCUT2D eigenvalue weighted by molar-refractivity contribution is 6.13. The first-order valence-corrected chi connectivity index (χ1v) is 28.9. The summed E-state index contributed by atoms with van der Waals surface area (Å²) in [4.78, 5) is 2.52. The molecule has 15 aromatic rings. The van der Waals surface area contributed by atoms with E-state index < -0.39 is 10.8 Å². The minimum atomic E-state index is -0.616. The van der Waals surface area contributed by atoms with E-state index in [9.17, 15) is 0 Å². The van der Waals surface area contributed by atoms with Crippen LogP contribution in [0.3, 0.4) is 0 Å². The van der Waals surface area contributed by atoms with Crippen LogP contribution in [0.2, 0.25) is 0 Å². The molecule has 386 valence electrons. The van der Waals surface area contributed by atoms with Crippen LogP contribution in [0.1, 0.15) is 44.5 Å². The molecule has 18 rings (SSSR count). The Kier molecular flexibility index (Phi) is 9.64. The number of hydrogen-bond donors (Lipinski definition) is 0. The molecular formula is C80H51N3. The predicted molar refractivity (Wildman–Crippen MR) is 343 cm³/mol. The highest BCUT2D eigenvalue weighted by atomic mass is 15.1. The van der Waals surface area contributed by atoms with Gasteiger partial charge in [-0.2, -0.15) is 0 Å². The maximum Gasteiger partial charge on any atom is 0.0755 e. The van der Waals surface area contributed by atoms with E-state index in [0.29, 0.717) is 0 Å². The summed E-state index contributed by atoms with van der Waals surface area (Å²) in [6.07, 6.45) is 0. The summed E-state index contributed by atoms with van der Waals surface area (Å²) in [5.74, 6) is 0. The summed E-state index contributed by atoms with van der Waals surface area (Å²) in [6, 6.07) is 116. The molecule has 2 aromatic heterocycles. The zero-order valence-electron chi connectivity index (χ0n) is 45.3. The van der Waals surface area contributed by atoms with Gasteiger partial charge in [-0.25, -0.2) is 0 Å². The van der Waals surface area contributed by atoms with Crippen molar-refractivity contribution in [3.8, 4) is 44.8 Å². The Balaban J connectivity index is 0.873. The number of anilines is 3. The molecule has 3 heteroatoms. The van der Waals surface area contributed by atoms with Crippen LogP contribution in [0.4, 0.5) is 17.1 Å². The van der Waals surface area contributed by atoms with Crippen LogP contribution < -0.4 is 4.90 Å². The summed E-state index contributed by atoms with van der Waals surface area (Å²) in [5, 5.41) is 5.06. The number of rotatable bonds is 7. The van der Waals surface area contributed by atoms with E-state index in [0.717, 1.165) is 33.9 Å². The first kappa shape index (κ1) is 46.1. The highest BCUT2D eigenvalue weighted by Crippen LogP contribution is 2.63. The molecule has 0 saturated heterocycles. The molecule has 3 nitrogen and oxygen atoms in total. The first-order chi connectivity index (χ1) is 41.2.